The molecule has 2 rings (SSSR count). The quantitative estimate of drug-likeness (QED) is 0.805. The first kappa shape index (κ1) is 11.8. The van der Waals surface area contributed by atoms with Crippen LogP contribution < -0.4 is 5.32 Å². The van der Waals surface area contributed by atoms with Gasteiger partial charge in [0.15, 0.2) is 0 Å². The van der Waals surface area contributed by atoms with Crippen LogP contribution in [0.4, 0.5) is 5.82 Å². The summed E-state index contributed by atoms with van der Waals surface area (Å²) in [5, 5.41) is 2.79. The molecule has 0 unspecified atom stereocenters. The highest BCUT2D eigenvalue weighted by Crippen LogP contribution is 2.22. The predicted molar refractivity (Wildman–Crippen MR) is 69.7 cm³/mol. The van der Waals surface area contributed by atoms with Crippen molar-refractivity contribution < 1.29 is 4.79 Å². The van der Waals surface area contributed by atoms with Crippen LogP contribution in [0.5, 0.6) is 0 Å². The number of nitrogens with zero attached hydrogens (tertiary/aromatic N) is 1. The highest BCUT2D eigenvalue weighted by molar-refractivity contribution is 5.92. The zero-order valence-corrected chi connectivity index (χ0v) is 10.6. The number of amides is 1. The average molecular weight is 230 g/mol. The van der Waals surface area contributed by atoms with Crippen LogP contribution in [0.25, 0.3) is 6.08 Å². The maximum Gasteiger partial charge on any atom is 0.225 e. The standard InChI is InChI=1S/C14H18N2O/c1-14(2,3)7-6-10-8-11-4-5-12(17)16-13(11)15-9-10/h6-9H,4-5H2,1-3H3,(H,15,16,17). The molecule has 0 spiro atoms. The normalized spacial score (nSPS) is 15.8. The molecule has 0 saturated heterocycles. The summed E-state index contributed by atoms with van der Waals surface area (Å²) in [6.45, 7) is 6.49. The number of anilines is 1. The van der Waals surface area contributed by atoms with Gasteiger partial charge in [-0.25, -0.2) is 4.98 Å². The van der Waals surface area contributed by atoms with Crippen molar-refractivity contribution in [2.45, 2.75) is 33.6 Å². The Balaban J connectivity index is 2.23. The lowest BCUT2D eigenvalue weighted by atomic mass is 9.95. The Hall–Kier alpha value is -1.64. The lowest BCUT2D eigenvalue weighted by molar-refractivity contribution is -0.116. The summed E-state index contributed by atoms with van der Waals surface area (Å²) in [4.78, 5) is 15.5. The molecule has 17 heavy (non-hydrogen) atoms. The maximum atomic E-state index is 11.2. The molecule has 3 heteroatoms. The molecule has 1 amide bonds. The Kier molecular flexibility index (Phi) is 3.01. The molecule has 0 radical (unpaired) electrons. The first-order valence-corrected chi connectivity index (χ1v) is 5.92. The van der Waals surface area contributed by atoms with Gasteiger partial charge in [0.05, 0.1) is 0 Å². The minimum absolute atomic E-state index is 0.0583. The van der Waals surface area contributed by atoms with E-state index in [1.54, 1.807) is 6.20 Å². The fraction of sp³-hybridized carbons (Fsp3) is 0.429. The number of aromatic nitrogens is 1. The van der Waals surface area contributed by atoms with Crippen LogP contribution in [-0.2, 0) is 11.2 Å². The van der Waals surface area contributed by atoms with Gasteiger partial charge in [0.1, 0.15) is 5.82 Å². The number of nitrogens with one attached hydrogen (secondary N) is 1. The third-order valence-corrected chi connectivity index (χ3v) is 2.64. The second-order valence-corrected chi connectivity index (χ2v) is 5.52. The fourth-order valence-electron chi connectivity index (χ4n) is 1.71. The molecule has 2 heterocycles. The molecule has 1 aromatic rings. The molecule has 1 aromatic heterocycles. The molecule has 1 aliphatic rings. The van der Waals surface area contributed by atoms with E-state index < -0.39 is 0 Å². The minimum Gasteiger partial charge on any atom is -0.310 e. The van der Waals surface area contributed by atoms with Crippen LogP contribution in [0.3, 0.4) is 0 Å². The highest BCUT2D eigenvalue weighted by Gasteiger charge is 2.15. The molecule has 1 N–H and O–H groups in total. The summed E-state index contributed by atoms with van der Waals surface area (Å²) in [5.41, 5.74) is 2.39. The second kappa shape index (κ2) is 4.32. The predicted octanol–water partition coefficient (Wildman–Crippen LogP) is 3.03. The van der Waals surface area contributed by atoms with Gasteiger partial charge in [-0.05, 0) is 29.0 Å². The first-order valence-electron chi connectivity index (χ1n) is 5.92. The van der Waals surface area contributed by atoms with Crippen LogP contribution in [0.15, 0.2) is 18.3 Å². The van der Waals surface area contributed by atoms with Gasteiger partial charge in [-0.1, -0.05) is 32.9 Å². The second-order valence-electron chi connectivity index (χ2n) is 5.52. The topological polar surface area (TPSA) is 42.0 Å². The molecule has 0 atom stereocenters. The maximum absolute atomic E-state index is 11.2. The summed E-state index contributed by atoms with van der Waals surface area (Å²) in [5.74, 6) is 0.775. The molecule has 0 aromatic carbocycles. The van der Waals surface area contributed by atoms with E-state index in [1.165, 1.54) is 0 Å². The van der Waals surface area contributed by atoms with Gasteiger partial charge >= 0.3 is 0 Å². The molecular weight excluding hydrogens is 212 g/mol. The number of carbonyl (C=O) groups is 1. The van der Waals surface area contributed by atoms with Crippen molar-refractivity contribution in [1.82, 2.24) is 4.98 Å². The molecule has 0 bridgehead atoms. The molecule has 3 nitrogen and oxygen atoms in total. The number of pyridine rings is 1. The van der Waals surface area contributed by atoms with E-state index in [9.17, 15) is 4.79 Å². The SMILES string of the molecule is CC(C)(C)C=Cc1cnc2c(c1)CCC(=O)N2. The summed E-state index contributed by atoms with van der Waals surface area (Å²) in [7, 11) is 0. The largest absolute Gasteiger partial charge is 0.310 e. The summed E-state index contributed by atoms with van der Waals surface area (Å²) < 4.78 is 0. The number of hydrogen-bond acceptors (Lipinski definition) is 2. The van der Waals surface area contributed by atoms with Gasteiger partial charge in [-0.2, -0.15) is 0 Å². The number of allylic oxidation sites excluding steroid dienone is 1. The van der Waals surface area contributed by atoms with E-state index in [2.05, 4.69) is 49.3 Å². The van der Waals surface area contributed by atoms with Gasteiger partial charge < -0.3 is 5.32 Å². The van der Waals surface area contributed by atoms with Gasteiger partial charge in [-0.3, -0.25) is 4.79 Å². The van der Waals surface area contributed by atoms with E-state index in [-0.39, 0.29) is 11.3 Å². The van der Waals surface area contributed by atoms with Crippen LogP contribution in [0, 0.1) is 5.41 Å². The van der Waals surface area contributed by atoms with Crippen molar-refractivity contribution in [2.75, 3.05) is 5.32 Å². The molecule has 0 fully saturated rings. The lowest BCUT2D eigenvalue weighted by Crippen LogP contribution is -2.20. The van der Waals surface area contributed by atoms with Crippen LogP contribution in [0.1, 0.15) is 38.3 Å². The zero-order chi connectivity index (χ0) is 12.5. The van der Waals surface area contributed by atoms with E-state index >= 15 is 0 Å². The van der Waals surface area contributed by atoms with Crippen molar-refractivity contribution in [3.63, 3.8) is 0 Å². The van der Waals surface area contributed by atoms with Gasteiger partial charge in [-0.15, -0.1) is 0 Å². The Bertz CT molecular complexity index is 470. The monoisotopic (exact) mass is 230 g/mol. The molecule has 1 aliphatic heterocycles. The van der Waals surface area contributed by atoms with Crippen LogP contribution in [-0.4, -0.2) is 10.9 Å². The summed E-state index contributed by atoms with van der Waals surface area (Å²) in [6, 6.07) is 2.10. The van der Waals surface area contributed by atoms with E-state index in [1.807, 2.05) is 0 Å². The Labute approximate surface area is 102 Å². The highest BCUT2D eigenvalue weighted by atomic mass is 16.1. The molecule has 0 saturated carbocycles. The third kappa shape index (κ3) is 3.16. The molecular formula is C14H18N2O. The molecule has 90 valence electrons. The van der Waals surface area contributed by atoms with E-state index in [0.717, 1.165) is 17.5 Å². The first-order chi connectivity index (χ1) is 7.94. The Morgan fingerprint density at radius 1 is 1.35 bits per heavy atom. The van der Waals surface area contributed by atoms with Crippen molar-refractivity contribution in [2.24, 2.45) is 5.41 Å². The van der Waals surface area contributed by atoms with Crippen LogP contribution >= 0.6 is 0 Å². The number of hydrogen-bond donors (Lipinski definition) is 1. The fourth-order valence-corrected chi connectivity index (χ4v) is 1.71. The van der Waals surface area contributed by atoms with Crippen molar-refractivity contribution in [3.8, 4) is 0 Å². The van der Waals surface area contributed by atoms with E-state index in [0.29, 0.717) is 12.2 Å². The van der Waals surface area contributed by atoms with Crippen molar-refractivity contribution in [3.05, 3.63) is 29.5 Å². The number of carbonyl (C=O) groups excluding carboxylic acids is 1. The van der Waals surface area contributed by atoms with Gasteiger partial charge in [0.25, 0.3) is 0 Å². The van der Waals surface area contributed by atoms with Crippen molar-refractivity contribution >= 4 is 17.8 Å². The Morgan fingerprint density at radius 3 is 2.82 bits per heavy atom. The zero-order valence-electron chi connectivity index (χ0n) is 10.6. The Morgan fingerprint density at radius 2 is 2.12 bits per heavy atom. The number of aryl methyl sites for hydroxylation is 1. The average Bonchev–Trinajstić information content (AvgIpc) is 2.25. The minimum atomic E-state index is 0.0583. The van der Waals surface area contributed by atoms with Crippen LogP contribution in [0.2, 0.25) is 0 Å². The lowest BCUT2D eigenvalue weighted by Gasteiger charge is -2.16. The summed E-state index contributed by atoms with van der Waals surface area (Å²) in [6.07, 6.45) is 7.39. The van der Waals surface area contributed by atoms with Gasteiger partial charge in [0, 0.05) is 12.6 Å². The van der Waals surface area contributed by atoms with Gasteiger partial charge in [0.2, 0.25) is 5.91 Å². The third-order valence-electron chi connectivity index (χ3n) is 2.64. The number of rotatable bonds is 1. The molecule has 0 aliphatic carbocycles. The smallest absolute Gasteiger partial charge is 0.225 e. The number of fused-ring (bicyclic) bond motifs is 1. The summed E-state index contributed by atoms with van der Waals surface area (Å²) >= 11 is 0. The van der Waals surface area contributed by atoms with E-state index in [4.69, 9.17) is 0 Å². The van der Waals surface area contributed by atoms with Crippen molar-refractivity contribution in [1.29, 1.82) is 0 Å².